The number of ether oxygens (including phenoxy) is 1. The van der Waals surface area contributed by atoms with E-state index in [4.69, 9.17) is 4.42 Å². The third-order valence-corrected chi connectivity index (χ3v) is 4.39. The van der Waals surface area contributed by atoms with Crippen molar-refractivity contribution in [3.63, 3.8) is 0 Å². The summed E-state index contributed by atoms with van der Waals surface area (Å²) in [7, 11) is -1.84. The van der Waals surface area contributed by atoms with Crippen LogP contribution in [-0.2, 0) is 21.3 Å². The van der Waals surface area contributed by atoms with Gasteiger partial charge in [-0.05, 0) is 19.0 Å². The summed E-state index contributed by atoms with van der Waals surface area (Å²) in [5.41, 5.74) is 0.720. The second kappa shape index (κ2) is 8.16. The first kappa shape index (κ1) is 17.7. The van der Waals surface area contributed by atoms with Gasteiger partial charge in [-0.3, -0.25) is 0 Å². The summed E-state index contributed by atoms with van der Waals surface area (Å²) in [5.74, 6) is -0.317. The largest absolute Gasteiger partial charge is 0.463 e. The van der Waals surface area contributed by atoms with Gasteiger partial charge in [0.25, 0.3) is 0 Å². The van der Waals surface area contributed by atoms with Crippen LogP contribution in [0, 0.1) is 0 Å². The quantitative estimate of drug-likeness (QED) is 0.536. The van der Waals surface area contributed by atoms with Crippen molar-refractivity contribution in [1.29, 1.82) is 0 Å². The maximum Gasteiger partial charge on any atom is 0.374 e. The lowest BCUT2D eigenvalue weighted by Crippen LogP contribution is -2.32. The van der Waals surface area contributed by atoms with Crippen molar-refractivity contribution in [3.05, 3.63) is 23.7 Å². The van der Waals surface area contributed by atoms with Crippen molar-refractivity contribution >= 4 is 16.0 Å². The van der Waals surface area contributed by atoms with E-state index in [0.29, 0.717) is 32.6 Å². The van der Waals surface area contributed by atoms with Crippen molar-refractivity contribution in [1.82, 2.24) is 9.62 Å². The van der Waals surface area contributed by atoms with Gasteiger partial charge in [-0.2, -0.15) is 0 Å². The molecule has 0 unspecified atom stereocenters. The Bertz CT molecular complexity index is 553. The van der Waals surface area contributed by atoms with Gasteiger partial charge in [0.05, 0.1) is 19.6 Å². The molecule has 0 radical (unpaired) electrons. The minimum absolute atomic E-state index is 0.191. The standard InChI is InChI=1S/C13H22N2O5S/c1-4-15(21(3,17)18)8-5-7-14-10-11-6-9-20-12(11)13(16)19-2/h6,9,14H,4-5,7-8,10H2,1-3H3. The topological polar surface area (TPSA) is 88.8 Å². The van der Waals surface area contributed by atoms with Gasteiger partial charge in [0.15, 0.2) is 0 Å². The third kappa shape index (κ3) is 5.49. The number of nitrogens with one attached hydrogen (secondary N) is 1. The van der Waals surface area contributed by atoms with Crippen LogP contribution in [0.5, 0.6) is 0 Å². The first-order chi connectivity index (χ1) is 9.90. The zero-order valence-electron chi connectivity index (χ0n) is 12.6. The molecule has 0 aliphatic heterocycles. The van der Waals surface area contributed by atoms with Gasteiger partial charge in [0.1, 0.15) is 0 Å². The van der Waals surface area contributed by atoms with Gasteiger partial charge in [0, 0.05) is 25.2 Å². The fourth-order valence-electron chi connectivity index (χ4n) is 1.91. The molecule has 0 aliphatic carbocycles. The van der Waals surface area contributed by atoms with Crippen LogP contribution >= 0.6 is 0 Å². The number of furan rings is 1. The fourth-order valence-corrected chi connectivity index (χ4v) is 2.84. The number of carbonyl (C=O) groups is 1. The number of hydrogen-bond donors (Lipinski definition) is 1. The maximum atomic E-state index is 11.4. The predicted molar refractivity (Wildman–Crippen MR) is 78.5 cm³/mol. The molecule has 0 bridgehead atoms. The average molecular weight is 318 g/mol. The van der Waals surface area contributed by atoms with E-state index in [1.807, 2.05) is 6.92 Å². The van der Waals surface area contributed by atoms with Crippen molar-refractivity contribution in [2.45, 2.75) is 19.9 Å². The van der Waals surface area contributed by atoms with E-state index in [2.05, 4.69) is 10.1 Å². The number of methoxy groups -OCH3 is 1. The highest BCUT2D eigenvalue weighted by Gasteiger charge is 2.16. The molecule has 7 nitrogen and oxygen atoms in total. The van der Waals surface area contributed by atoms with Gasteiger partial charge >= 0.3 is 5.97 Å². The maximum absolute atomic E-state index is 11.4. The van der Waals surface area contributed by atoms with Gasteiger partial charge in [-0.25, -0.2) is 17.5 Å². The molecule has 0 aromatic carbocycles. The van der Waals surface area contributed by atoms with Crippen molar-refractivity contribution in [2.75, 3.05) is 33.0 Å². The molecule has 0 spiro atoms. The molecule has 1 rings (SSSR count). The average Bonchev–Trinajstić information content (AvgIpc) is 2.88. The van der Waals surface area contributed by atoms with Crippen molar-refractivity contribution in [3.8, 4) is 0 Å². The van der Waals surface area contributed by atoms with Crippen LogP contribution in [-0.4, -0.2) is 51.7 Å². The number of esters is 1. The van der Waals surface area contributed by atoms with E-state index in [1.54, 1.807) is 6.07 Å². The molecule has 1 aromatic heterocycles. The number of sulfonamides is 1. The minimum atomic E-state index is -3.14. The highest BCUT2D eigenvalue weighted by atomic mass is 32.2. The van der Waals surface area contributed by atoms with Gasteiger partial charge in [-0.1, -0.05) is 6.92 Å². The highest BCUT2D eigenvalue weighted by molar-refractivity contribution is 7.88. The minimum Gasteiger partial charge on any atom is -0.463 e. The van der Waals surface area contributed by atoms with Gasteiger partial charge in [0.2, 0.25) is 15.8 Å². The third-order valence-electron chi connectivity index (χ3n) is 3.02. The lowest BCUT2D eigenvalue weighted by molar-refractivity contribution is 0.0563. The Kier molecular flexibility index (Phi) is 6.86. The Morgan fingerprint density at radius 1 is 1.48 bits per heavy atom. The summed E-state index contributed by atoms with van der Waals surface area (Å²) < 4.78 is 33.9. The summed E-state index contributed by atoms with van der Waals surface area (Å²) in [5, 5.41) is 3.15. The monoisotopic (exact) mass is 318 g/mol. The smallest absolute Gasteiger partial charge is 0.374 e. The van der Waals surface area contributed by atoms with Gasteiger partial charge < -0.3 is 14.5 Å². The van der Waals surface area contributed by atoms with E-state index in [9.17, 15) is 13.2 Å². The summed E-state index contributed by atoms with van der Waals surface area (Å²) in [6.07, 6.45) is 3.33. The molecule has 0 atom stereocenters. The second-order valence-electron chi connectivity index (χ2n) is 4.55. The summed E-state index contributed by atoms with van der Waals surface area (Å²) in [4.78, 5) is 11.4. The van der Waals surface area contributed by atoms with Crippen molar-refractivity contribution < 1.29 is 22.4 Å². The summed E-state index contributed by atoms with van der Waals surface area (Å²) in [6, 6.07) is 1.70. The van der Waals surface area contributed by atoms with Crippen LogP contribution in [0.25, 0.3) is 0 Å². The van der Waals surface area contributed by atoms with E-state index in [1.165, 1.54) is 23.9 Å². The molecule has 21 heavy (non-hydrogen) atoms. The Hall–Kier alpha value is -1.38. The van der Waals surface area contributed by atoms with Crippen LogP contribution in [0.3, 0.4) is 0 Å². The fraction of sp³-hybridized carbons (Fsp3) is 0.615. The highest BCUT2D eigenvalue weighted by Crippen LogP contribution is 2.11. The molecule has 0 aliphatic rings. The van der Waals surface area contributed by atoms with Crippen LogP contribution < -0.4 is 5.32 Å². The molecule has 120 valence electrons. The van der Waals surface area contributed by atoms with Crippen LogP contribution in [0.15, 0.2) is 16.7 Å². The lowest BCUT2D eigenvalue weighted by Gasteiger charge is -2.17. The van der Waals surface area contributed by atoms with E-state index in [-0.39, 0.29) is 5.76 Å². The molecule has 8 heteroatoms. The van der Waals surface area contributed by atoms with Crippen molar-refractivity contribution in [2.24, 2.45) is 0 Å². The summed E-state index contributed by atoms with van der Waals surface area (Å²) >= 11 is 0. The zero-order chi connectivity index (χ0) is 15.9. The predicted octanol–water partition coefficient (Wildman–Crippen LogP) is 0.827. The first-order valence-corrected chi connectivity index (χ1v) is 8.55. The Morgan fingerprint density at radius 2 is 2.19 bits per heavy atom. The lowest BCUT2D eigenvalue weighted by atomic mass is 10.2. The molecule has 1 aromatic rings. The van der Waals surface area contributed by atoms with Gasteiger partial charge in [-0.15, -0.1) is 0 Å². The summed E-state index contributed by atoms with van der Waals surface area (Å²) in [6.45, 7) is 3.84. The molecular weight excluding hydrogens is 296 g/mol. The Morgan fingerprint density at radius 3 is 2.76 bits per heavy atom. The number of carbonyl (C=O) groups excluding carboxylic acids is 1. The van der Waals surface area contributed by atoms with Crippen LogP contribution in [0.2, 0.25) is 0 Å². The molecular formula is C13H22N2O5S. The van der Waals surface area contributed by atoms with E-state index >= 15 is 0 Å². The van der Waals surface area contributed by atoms with E-state index in [0.717, 1.165) is 5.56 Å². The van der Waals surface area contributed by atoms with Crippen LogP contribution in [0.4, 0.5) is 0 Å². The van der Waals surface area contributed by atoms with Crippen LogP contribution in [0.1, 0.15) is 29.5 Å². The molecule has 0 saturated carbocycles. The molecule has 0 amide bonds. The second-order valence-corrected chi connectivity index (χ2v) is 6.53. The SMILES string of the molecule is CCN(CCCNCc1ccoc1C(=O)OC)S(C)(=O)=O. The molecule has 0 fully saturated rings. The number of nitrogens with zero attached hydrogens (tertiary/aromatic N) is 1. The molecule has 0 saturated heterocycles. The number of hydrogen-bond acceptors (Lipinski definition) is 6. The zero-order valence-corrected chi connectivity index (χ0v) is 13.4. The Balaban J connectivity index is 2.35. The first-order valence-electron chi connectivity index (χ1n) is 6.70. The molecule has 1 heterocycles. The number of rotatable bonds is 9. The Labute approximate surface area is 125 Å². The molecule has 1 N–H and O–H groups in total. The van der Waals surface area contributed by atoms with E-state index < -0.39 is 16.0 Å². The normalized spacial score (nSPS) is 11.8.